The zero-order valence-electron chi connectivity index (χ0n) is 11.2. The first-order chi connectivity index (χ1) is 10.2. The highest BCUT2D eigenvalue weighted by atomic mass is 35.5. The van der Waals surface area contributed by atoms with Crippen LogP contribution < -0.4 is 5.32 Å². The van der Waals surface area contributed by atoms with Crippen molar-refractivity contribution in [2.75, 3.05) is 13.2 Å². The summed E-state index contributed by atoms with van der Waals surface area (Å²) in [6.45, 7) is 0.596. The summed E-state index contributed by atoms with van der Waals surface area (Å²) in [5, 5.41) is 13.4. The van der Waals surface area contributed by atoms with Crippen molar-refractivity contribution < 1.29 is 9.90 Å². The topological polar surface area (TPSA) is 49.3 Å². The molecule has 21 heavy (non-hydrogen) atoms. The van der Waals surface area contributed by atoms with E-state index >= 15 is 0 Å². The van der Waals surface area contributed by atoms with Crippen molar-refractivity contribution in [1.82, 2.24) is 5.32 Å². The fourth-order valence-corrected chi connectivity index (χ4v) is 3.52. The predicted octanol–water partition coefficient (Wildman–Crippen LogP) is 3.17. The van der Waals surface area contributed by atoms with Gasteiger partial charge in [-0.15, -0.1) is 22.7 Å². The van der Waals surface area contributed by atoms with Crippen LogP contribution in [0.15, 0.2) is 23.6 Å². The maximum atomic E-state index is 12.1. The van der Waals surface area contributed by atoms with Crippen LogP contribution in [-0.4, -0.2) is 24.2 Å². The van der Waals surface area contributed by atoms with Gasteiger partial charge in [-0.3, -0.25) is 4.79 Å². The Morgan fingerprint density at radius 1 is 1.38 bits per heavy atom. The lowest BCUT2D eigenvalue weighted by atomic mass is 10.2. The Balaban J connectivity index is 1.89. The van der Waals surface area contributed by atoms with Gasteiger partial charge in [-0.05, 0) is 30.0 Å². The van der Waals surface area contributed by atoms with Crippen molar-refractivity contribution in [3.63, 3.8) is 0 Å². The Hall–Kier alpha value is -1.32. The molecule has 2 N–H and O–H groups in total. The van der Waals surface area contributed by atoms with Crippen molar-refractivity contribution >= 4 is 40.2 Å². The molecule has 6 heteroatoms. The van der Waals surface area contributed by atoms with Crippen molar-refractivity contribution in [3.8, 4) is 11.8 Å². The summed E-state index contributed by atoms with van der Waals surface area (Å²) in [6, 6.07) is 5.65. The molecule has 3 nitrogen and oxygen atoms in total. The quantitative estimate of drug-likeness (QED) is 0.822. The third-order valence-corrected chi connectivity index (χ3v) is 4.82. The van der Waals surface area contributed by atoms with Gasteiger partial charge in [0.2, 0.25) is 0 Å². The van der Waals surface area contributed by atoms with Gasteiger partial charge >= 0.3 is 0 Å². The number of halogens is 1. The average Bonchev–Trinajstić information content (AvgIpc) is 3.08. The summed E-state index contributed by atoms with van der Waals surface area (Å²) >= 11 is 8.76. The fraction of sp³-hybridized carbons (Fsp3) is 0.267. The number of hydrogen-bond donors (Lipinski definition) is 2. The highest BCUT2D eigenvalue weighted by molar-refractivity contribution is 7.16. The molecule has 0 saturated carbocycles. The molecule has 0 aliphatic rings. The molecular weight excluding hydrogens is 326 g/mol. The average molecular weight is 340 g/mol. The molecule has 2 aromatic heterocycles. The van der Waals surface area contributed by atoms with Gasteiger partial charge in [0.25, 0.3) is 5.91 Å². The molecular formula is C15H14ClNO2S2. The van der Waals surface area contributed by atoms with Crippen LogP contribution in [0, 0.1) is 11.8 Å². The van der Waals surface area contributed by atoms with Crippen molar-refractivity contribution in [2.24, 2.45) is 0 Å². The maximum absolute atomic E-state index is 12.1. The summed E-state index contributed by atoms with van der Waals surface area (Å²) < 4.78 is 0.760. The van der Waals surface area contributed by atoms with E-state index in [0.717, 1.165) is 15.6 Å². The second-order valence-electron chi connectivity index (χ2n) is 4.15. The number of aliphatic hydroxyl groups is 1. The Morgan fingerprint density at radius 2 is 2.24 bits per heavy atom. The second kappa shape index (κ2) is 8.20. The number of carbonyl (C=O) groups is 1. The molecule has 0 aromatic carbocycles. The number of amides is 1. The van der Waals surface area contributed by atoms with Crippen LogP contribution in [0.3, 0.4) is 0 Å². The molecule has 0 spiro atoms. The first kappa shape index (κ1) is 16.1. The van der Waals surface area contributed by atoms with E-state index in [-0.39, 0.29) is 12.5 Å². The minimum atomic E-state index is -0.110. The SMILES string of the molecule is O=C(NCCc1ccc(Cl)s1)c1sccc1C#CCCO. The minimum absolute atomic E-state index is 0.0298. The first-order valence-corrected chi connectivity index (χ1v) is 8.47. The molecule has 110 valence electrons. The second-order valence-corrected chi connectivity index (χ2v) is 6.87. The minimum Gasteiger partial charge on any atom is -0.395 e. The Kier molecular flexibility index (Phi) is 6.27. The molecule has 0 aliphatic heterocycles. The van der Waals surface area contributed by atoms with Crippen LogP contribution in [0.25, 0.3) is 0 Å². The first-order valence-electron chi connectivity index (χ1n) is 6.40. The zero-order chi connectivity index (χ0) is 15.1. The van der Waals surface area contributed by atoms with Gasteiger partial charge in [-0.1, -0.05) is 23.4 Å². The lowest BCUT2D eigenvalue weighted by Crippen LogP contribution is -2.25. The monoisotopic (exact) mass is 339 g/mol. The lowest BCUT2D eigenvalue weighted by molar-refractivity contribution is 0.0958. The summed E-state index contributed by atoms with van der Waals surface area (Å²) in [5.74, 6) is 5.63. The van der Waals surface area contributed by atoms with Gasteiger partial charge in [0.05, 0.1) is 10.9 Å². The van der Waals surface area contributed by atoms with E-state index < -0.39 is 0 Å². The molecule has 1 amide bonds. The van der Waals surface area contributed by atoms with Gasteiger partial charge in [0.15, 0.2) is 0 Å². The van der Waals surface area contributed by atoms with Crippen molar-refractivity contribution in [2.45, 2.75) is 12.8 Å². The molecule has 0 radical (unpaired) electrons. The molecule has 0 aliphatic carbocycles. The third kappa shape index (κ3) is 4.87. The molecule has 0 unspecified atom stereocenters. The van der Waals surface area contributed by atoms with Crippen LogP contribution in [0.2, 0.25) is 4.34 Å². The maximum Gasteiger partial charge on any atom is 0.262 e. The fourth-order valence-electron chi connectivity index (χ4n) is 1.66. The number of carbonyl (C=O) groups excluding carboxylic acids is 1. The van der Waals surface area contributed by atoms with Crippen LogP contribution in [0.1, 0.15) is 26.5 Å². The zero-order valence-corrected chi connectivity index (χ0v) is 13.6. The van der Waals surface area contributed by atoms with E-state index in [9.17, 15) is 4.79 Å². The van der Waals surface area contributed by atoms with E-state index in [4.69, 9.17) is 16.7 Å². The van der Waals surface area contributed by atoms with Gasteiger partial charge < -0.3 is 10.4 Å². The third-order valence-electron chi connectivity index (χ3n) is 2.62. The van der Waals surface area contributed by atoms with Gasteiger partial charge in [-0.25, -0.2) is 0 Å². The van der Waals surface area contributed by atoms with Crippen molar-refractivity contribution in [3.05, 3.63) is 43.2 Å². The van der Waals surface area contributed by atoms with Gasteiger partial charge in [0, 0.05) is 23.4 Å². The molecule has 2 rings (SSSR count). The Labute approximate surface area is 136 Å². The highest BCUT2D eigenvalue weighted by Crippen LogP contribution is 2.21. The Bertz CT molecular complexity index is 667. The standard InChI is InChI=1S/C15H14ClNO2S2/c16-13-5-4-12(21-13)6-8-17-15(19)14-11(7-10-20-14)3-1-2-9-18/h4-5,7,10,18H,2,6,8-9H2,(H,17,19). The van der Waals surface area contributed by atoms with Crippen LogP contribution >= 0.6 is 34.3 Å². The largest absolute Gasteiger partial charge is 0.395 e. The van der Waals surface area contributed by atoms with Gasteiger partial charge in [-0.2, -0.15) is 0 Å². The highest BCUT2D eigenvalue weighted by Gasteiger charge is 2.11. The number of rotatable bonds is 5. The van der Waals surface area contributed by atoms with Crippen LogP contribution in [0.5, 0.6) is 0 Å². The molecule has 0 saturated heterocycles. The number of aliphatic hydroxyl groups excluding tert-OH is 1. The van der Waals surface area contributed by atoms with Crippen LogP contribution in [0.4, 0.5) is 0 Å². The van der Waals surface area contributed by atoms with Crippen molar-refractivity contribution in [1.29, 1.82) is 0 Å². The van der Waals surface area contributed by atoms with E-state index in [2.05, 4.69) is 17.2 Å². The molecule has 2 aromatic rings. The number of hydrogen-bond acceptors (Lipinski definition) is 4. The van der Waals surface area contributed by atoms with E-state index in [1.54, 1.807) is 0 Å². The van der Waals surface area contributed by atoms with Crippen LogP contribution in [-0.2, 0) is 6.42 Å². The molecule has 0 fully saturated rings. The summed E-state index contributed by atoms with van der Waals surface area (Å²) in [4.78, 5) is 13.9. The molecule has 0 atom stereocenters. The summed E-state index contributed by atoms with van der Waals surface area (Å²) in [5.41, 5.74) is 0.713. The lowest BCUT2D eigenvalue weighted by Gasteiger charge is -2.02. The number of nitrogens with one attached hydrogen (secondary N) is 1. The number of thiophene rings is 2. The smallest absolute Gasteiger partial charge is 0.262 e. The van der Waals surface area contributed by atoms with E-state index in [0.29, 0.717) is 23.4 Å². The summed E-state index contributed by atoms with van der Waals surface area (Å²) in [6.07, 6.45) is 1.18. The van der Waals surface area contributed by atoms with Gasteiger partial charge in [0.1, 0.15) is 4.88 Å². The summed E-state index contributed by atoms with van der Waals surface area (Å²) in [7, 11) is 0. The predicted molar refractivity (Wildman–Crippen MR) is 88.3 cm³/mol. The molecule has 0 bridgehead atoms. The normalized spacial score (nSPS) is 10.0. The van der Waals surface area contributed by atoms with E-state index in [1.807, 2.05) is 23.6 Å². The molecule has 2 heterocycles. The Morgan fingerprint density at radius 3 is 2.95 bits per heavy atom. The van der Waals surface area contributed by atoms with E-state index in [1.165, 1.54) is 22.7 Å².